The van der Waals surface area contributed by atoms with E-state index in [9.17, 15) is 0 Å². The second-order valence-electron chi connectivity index (χ2n) is 2.43. The van der Waals surface area contributed by atoms with Gasteiger partial charge in [0, 0.05) is 18.3 Å². The molecule has 0 saturated carbocycles. The van der Waals surface area contributed by atoms with Crippen molar-refractivity contribution >= 4 is 11.9 Å². The Morgan fingerprint density at radius 2 is 2.30 bits per heavy atom. The van der Waals surface area contributed by atoms with Crippen LogP contribution in [0, 0.1) is 6.92 Å². The molecule has 0 bridgehead atoms. The summed E-state index contributed by atoms with van der Waals surface area (Å²) in [5.41, 5.74) is 3.22. The van der Waals surface area contributed by atoms with Crippen molar-refractivity contribution in [3.63, 3.8) is 0 Å². The number of nitrogens with zero attached hydrogens (tertiary/aromatic N) is 2. The van der Waals surface area contributed by atoms with E-state index in [1.54, 1.807) is 0 Å². The normalized spacial score (nSPS) is 13.7. The van der Waals surface area contributed by atoms with E-state index in [-0.39, 0.29) is 0 Å². The molecule has 0 amide bonds. The van der Waals surface area contributed by atoms with E-state index < -0.39 is 0 Å². The monoisotopic (exact) mass is 132 g/mol. The topological polar surface area (TPSA) is 25.2 Å². The number of rotatable bonds is 0. The summed E-state index contributed by atoms with van der Waals surface area (Å²) in [6, 6.07) is 4.00. The number of pyridine rings is 1. The molecule has 0 atom stereocenters. The zero-order valence-corrected chi connectivity index (χ0v) is 5.83. The Hall–Kier alpha value is -1.18. The summed E-state index contributed by atoms with van der Waals surface area (Å²) in [7, 11) is 0. The molecule has 0 spiro atoms. The first-order valence-electron chi connectivity index (χ1n) is 3.35. The molecular formula is C8H8N2. The Bertz CT molecular complexity index is 289. The van der Waals surface area contributed by atoms with E-state index >= 15 is 0 Å². The molecule has 1 aromatic rings. The fourth-order valence-corrected chi connectivity index (χ4v) is 1.10. The largest absolute Gasteiger partial charge is 0.259 e. The molecule has 0 aromatic carbocycles. The zero-order chi connectivity index (χ0) is 6.97. The van der Waals surface area contributed by atoms with Crippen LogP contribution < -0.4 is 0 Å². The van der Waals surface area contributed by atoms with Crippen molar-refractivity contribution in [2.75, 3.05) is 0 Å². The second kappa shape index (κ2) is 1.90. The Morgan fingerprint density at radius 1 is 1.40 bits per heavy atom. The molecule has 2 heteroatoms. The quantitative estimate of drug-likeness (QED) is 0.527. The van der Waals surface area contributed by atoms with Crippen molar-refractivity contribution < 1.29 is 0 Å². The number of aryl methyl sites for hydroxylation is 1. The number of fused-ring (bicyclic) bond motifs is 1. The average Bonchev–Trinajstić information content (AvgIpc) is 2.33. The highest BCUT2D eigenvalue weighted by molar-refractivity contribution is 5.74. The number of aromatic nitrogens is 1. The van der Waals surface area contributed by atoms with Crippen molar-refractivity contribution in [2.45, 2.75) is 13.3 Å². The van der Waals surface area contributed by atoms with E-state index in [1.807, 2.05) is 25.3 Å². The fraction of sp³-hybridized carbons (Fsp3) is 0.250. The summed E-state index contributed by atoms with van der Waals surface area (Å²) in [5, 5.41) is 0. The van der Waals surface area contributed by atoms with Crippen molar-refractivity contribution in [1.29, 1.82) is 0 Å². The van der Waals surface area contributed by atoms with Crippen molar-refractivity contribution in [2.24, 2.45) is 4.99 Å². The molecule has 1 aromatic heterocycles. The van der Waals surface area contributed by atoms with Gasteiger partial charge in [-0.15, -0.1) is 0 Å². The van der Waals surface area contributed by atoms with Crippen LogP contribution in [0.4, 0.5) is 5.69 Å². The summed E-state index contributed by atoms with van der Waals surface area (Å²) in [4.78, 5) is 8.48. The first-order chi connectivity index (χ1) is 4.86. The van der Waals surface area contributed by atoms with Crippen LogP contribution in [0.3, 0.4) is 0 Å². The maximum absolute atomic E-state index is 4.33. The highest BCUT2D eigenvalue weighted by Crippen LogP contribution is 2.21. The van der Waals surface area contributed by atoms with Crippen LogP contribution in [-0.2, 0) is 6.42 Å². The van der Waals surface area contributed by atoms with E-state index in [0.29, 0.717) is 0 Å². The molecule has 2 rings (SSSR count). The van der Waals surface area contributed by atoms with Crippen LogP contribution in [0.25, 0.3) is 0 Å². The first-order valence-corrected chi connectivity index (χ1v) is 3.35. The van der Waals surface area contributed by atoms with Gasteiger partial charge in [0.2, 0.25) is 0 Å². The van der Waals surface area contributed by atoms with E-state index in [2.05, 4.69) is 9.98 Å². The van der Waals surface area contributed by atoms with Gasteiger partial charge >= 0.3 is 0 Å². The van der Waals surface area contributed by atoms with Gasteiger partial charge in [-0.3, -0.25) is 9.98 Å². The first kappa shape index (κ1) is 5.59. The molecule has 0 saturated heterocycles. The maximum Gasteiger partial charge on any atom is 0.0845 e. The molecular weight excluding hydrogens is 124 g/mol. The van der Waals surface area contributed by atoms with Crippen LogP contribution in [0.15, 0.2) is 17.1 Å². The van der Waals surface area contributed by atoms with Crippen LogP contribution in [0.2, 0.25) is 0 Å². The Balaban J connectivity index is 2.59. The molecule has 2 nitrogen and oxygen atoms in total. The van der Waals surface area contributed by atoms with Gasteiger partial charge in [-0.05, 0) is 19.1 Å². The van der Waals surface area contributed by atoms with Crippen LogP contribution in [0.1, 0.15) is 11.4 Å². The smallest absolute Gasteiger partial charge is 0.0845 e. The molecule has 2 heterocycles. The molecule has 1 aliphatic heterocycles. The van der Waals surface area contributed by atoms with Gasteiger partial charge in [0.15, 0.2) is 0 Å². The third kappa shape index (κ3) is 0.727. The van der Waals surface area contributed by atoms with Gasteiger partial charge in [0.25, 0.3) is 0 Å². The van der Waals surface area contributed by atoms with Crippen molar-refractivity contribution in [3.8, 4) is 0 Å². The number of hydrogen-bond donors (Lipinski definition) is 0. The third-order valence-corrected chi connectivity index (χ3v) is 1.60. The number of aliphatic imine (C=N–C) groups is 1. The summed E-state index contributed by atoms with van der Waals surface area (Å²) in [5.74, 6) is 0. The van der Waals surface area contributed by atoms with Crippen LogP contribution >= 0.6 is 0 Å². The van der Waals surface area contributed by atoms with Crippen LogP contribution in [0.5, 0.6) is 0 Å². The minimum atomic E-state index is 0.900. The fourth-order valence-electron chi connectivity index (χ4n) is 1.10. The number of hydrogen-bond acceptors (Lipinski definition) is 2. The second-order valence-corrected chi connectivity index (χ2v) is 2.43. The minimum Gasteiger partial charge on any atom is -0.259 e. The SMILES string of the molecule is Cc1ccc2c(n1)CC=N2. The molecule has 0 fully saturated rings. The van der Waals surface area contributed by atoms with Crippen LogP contribution in [-0.4, -0.2) is 11.2 Å². The van der Waals surface area contributed by atoms with E-state index in [4.69, 9.17) is 0 Å². The predicted molar refractivity (Wildman–Crippen MR) is 40.8 cm³/mol. The Kier molecular flexibility index (Phi) is 1.07. The molecule has 0 N–H and O–H groups in total. The molecule has 0 radical (unpaired) electrons. The lowest BCUT2D eigenvalue weighted by Crippen LogP contribution is -1.87. The predicted octanol–water partition coefficient (Wildman–Crippen LogP) is 1.65. The summed E-state index contributed by atoms with van der Waals surface area (Å²) < 4.78 is 0. The molecule has 0 unspecified atom stereocenters. The highest BCUT2D eigenvalue weighted by atomic mass is 14.8. The van der Waals surface area contributed by atoms with Gasteiger partial charge in [-0.2, -0.15) is 0 Å². The van der Waals surface area contributed by atoms with Gasteiger partial charge < -0.3 is 0 Å². The molecule has 0 aliphatic carbocycles. The lowest BCUT2D eigenvalue weighted by molar-refractivity contribution is 1.11. The summed E-state index contributed by atoms with van der Waals surface area (Å²) in [6.45, 7) is 2.00. The van der Waals surface area contributed by atoms with E-state index in [0.717, 1.165) is 23.5 Å². The lowest BCUT2D eigenvalue weighted by Gasteiger charge is -1.95. The Morgan fingerprint density at radius 3 is 3.20 bits per heavy atom. The average molecular weight is 132 g/mol. The molecule has 10 heavy (non-hydrogen) atoms. The van der Waals surface area contributed by atoms with Gasteiger partial charge in [0.1, 0.15) is 0 Å². The van der Waals surface area contributed by atoms with Gasteiger partial charge in [-0.25, -0.2) is 0 Å². The van der Waals surface area contributed by atoms with Crippen molar-refractivity contribution in [3.05, 3.63) is 23.5 Å². The van der Waals surface area contributed by atoms with Crippen molar-refractivity contribution in [1.82, 2.24) is 4.98 Å². The maximum atomic E-state index is 4.33. The zero-order valence-electron chi connectivity index (χ0n) is 5.83. The third-order valence-electron chi connectivity index (χ3n) is 1.60. The Labute approximate surface area is 59.6 Å². The summed E-state index contributed by atoms with van der Waals surface area (Å²) >= 11 is 0. The van der Waals surface area contributed by atoms with E-state index in [1.165, 1.54) is 0 Å². The molecule has 1 aliphatic rings. The minimum absolute atomic E-state index is 0.900. The summed E-state index contributed by atoms with van der Waals surface area (Å²) in [6.07, 6.45) is 2.80. The standard InChI is InChI=1S/C8H8N2/c1-6-2-3-7-8(10-6)4-5-9-7/h2-3,5H,4H2,1H3. The highest BCUT2D eigenvalue weighted by Gasteiger charge is 2.05. The molecule has 50 valence electrons. The van der Waals surface area contributed by atoms with Gasteiger partial charge in [0.05, 0.1) is 11.4 Å². The van der Waals surface area contributed by atoms with Gasteiger partial charge in [-0.1, -0.05) is 0 Å². The lowest BCUT2D eigenvalue weighted by atomic mass is 10.2.